The highest BCUT2D eigenvalue weighted by atomic mass is 15.3. The normalized spacial score (nSPS) is 12.6. The predicted octanol–water partition coefficient (Wildman–Crippen LogP) is 1.92. The molecule has 0 aliphatic carbocycles. The van der Waals surface area contributed by atoms with Crippen LogP contribution in [0.5, 0.6) is 0 Å². The van der Waals surface area contributed by atoms with E-state index in [-0.39, 0.29) is 0 Å². The van der Waals surface area contributed by atoms with Gasteiger partial charge in [-0.15, -0.1) is 0 Å². The van der Waals surface area contributed by atoms with Gasteiger partial charge >= 0.3 is 0 Å². The second-order valence-corrected chi connectivity index (χ2v) is 4.50. The van der Waals surface area contributed by atoms with Gasteiger partial charge in [-0.05, 0) is 26.2 Å². The minimum absolute atomic E-state index is 0.389. The number of nitrogens with one attached hydrogen (secondary N) is 2. The first-order valence-corrected chi connectivity index (χ1v) is 5.60. The summed E-state index contributed by atoms with van der Waals surface area (Å²) in [7, 11) is 0. The van der Waals surface area contributed by atoms with E-state index >= 15 is 0 Å². The van der Waals surface area contributed by atoms with Crippen LogP contribution in [0.1, 0.15) is 33.0 Å². The standard InChI is InChI=1S/C11H21N5/c1-7(2)5-8(3)13-10-6-11(16-12)15-9(4)14-10/h6-8H,5,12H2,1-4H3,(H2,13,14,15,16). The lowest BCUT2D eigenvalue weighted by molar-refractivity contribution is 0.538. The van der Waals surface area contributed by atoms with Crippen LogP contribution in [0.25, 0.3) is 0 Å². The molecule has 0 fully saturated rings. The second kappa shape index (κ2) is 5.65. The number of nitrogens with zero attached hydrogens (tertiary/aromatic N) is 2. The van der Waals surface area contributed by atoms with Crippen molar-refractivity contribution in [2.24, 2.45) is 11.8 Å². The van der Waals surface area contributed by atoms with Crippen LogP contribution < -0.4 is 16.6 Å². The molecule has 1 unspecified atom stereocenters. The van der Waals surface area contributed by atoms with Crippen molar-refractivity contribution in [3.63, 3.8) is 0 Å². The Hall–Kier alpha value is -1.36. The molecule has 1 heterocycles. The highest BCUT2D eigenvalue weighted by Crippen LogP contribution is 2.13. The zero-order valence-electron chi connectivity index (χ0n) is 10.4. The zero-order chi connectivity index (χ0) is 12.1. The molecule has 5 nitrogen and oxygen atoms in total. The first-order valence-electron chi connectivity index (χ1n) is 5.60. The summed E-state index contributed by atoms with van der Waals surface area (Å²) in [4.78, 5) is 8.44. The molecule has 0 aliphatic heterocycles. The van der Waals surface area contributed by atoms with E-state index in [1.165, 1.54) is 0 Å². The third-order valence-electron chi connectivity index (χ3n) is 2.21. The smallest absolute Gasteiger partial charge is 0.145 e. The van der Waals surface area contributed by atoms with Crippen molar-refractivity contribution in [1.29, 1.82) is 0 Å². The molecular weight excluding hydrogens is 202 g/mol. The fraction of sp³-hybridized carbons (Fsp3) is 0.636. The number of rotatable bonds is 5. The zero-order valence-corrected chi connectivity index (χ0v) is 10.4. The Morgan fingerprint density at radius 1 is 1.25 bits per heavy atom. The number of hydrazine groups is 1. The molecule has 5 heteroatoms. The molecule has 0 bridgehead atoms. The highest BCUT2D eigenvalue weighted by molar-refractivity contribution is 5.47. The third-order valence-corrected chi connectivity index (χ3v) is 2.21. The molecule has 1 aromatic rings. The van der Waals surface area contributed by atoms with Crippen molar-refractivity contribution < 1.29 is 0 Å². The van der Waals surface area contributed by atoms with E-state index in [2.05, 4.69) is 41.5 Å². The molecule has 0 saturated heterocycles. The molecular formula is C11H21N5. The molecule has 4 N–H and O–H groups in total. The number of nitrogen functional groups attached to an aromatic ring is 1. The Balaban J connectivity index is 2.69. The third kappa shape index (κ3) is 4.02. The Kier molecular flexibility index (Phi) is 4.49. The molecule has 0 radical (unpaired) electrons. The fourth-order valence-corrected chi connectivity index (χ4v) is 1.73. The second-order valence-electron chi connectivity index (χ2n) is 4.50. The van der Waals surface area contributed by atoms with Crippen LogP contribution in [-0.4, -0.2) is 16.0 Å². The van der Waals surface area contributed by atoms with Crippen LogP contribution in [0, 0.1) is 12.8 Å². The molecule has 90 valence electrons. The van der Waals surface area contributed by atoms with Crippen LogP contribution in [0.3, 0.4) is 0 Å². The van der Waals surface area contributed by atoms with Crippen LogP contribution in [0.15, 0.2) is 6.07 Å². The molecule has 0 aliphatic rings. The van der Waals surface area contributed by atoms with Gasteiger partial charge in [0.15, 0.2) is 0 Å². The van der Waals surface area contributed by atoms with Gasteiger partial charge < -0.3 is 10.7 Å². The van der Waals surface area contributed by atoms with Crippen molar-refractivity contribution >= 4 is 11.6 Å². The number of hydrogen-bond donors (Lipinski definition) is 3. The summed E-state index contributed by atoms with van der Waals surface area (Å²) in [5, 5.41) is 3.34. The summed E-state index contributed by atoms with van der Waals surface area (Å²) in [5.74, 6) is 8.14. The molecule has 0 aromatic carbocycles. The minimum atomic E-state index is 0.389. The summed E-state index contributed by atoms with van der Waals surface area (Å²) in [6, 6.07) is 2.20. The van der Waals surface area contributed by atoms with Gasteiger partial charge in [-0.3, -0.25) is 0 Å². The van der Waals surface area contributed by atoms with Crippen LogP contribution in [0.2, 0.25) is 0 Å². The van der Waals surface area contributed by atoms with Gasteiger partial charge in [0.1, 0.15) is 17.5 Å². The number of aromatic nitrogens is 2. The van der Waals surface area contributed by atoms with Gasteiger partial charge in [-0.2, -0.15) is 0 Å². The summed E-state index contributed by atoms with van der Waals surface area (Å²) >= 11 is 0. The molecule has 0 amide bonds. The first-order chi connectivity index (χ1) is 7.51. The maximum Gasteiger partial charge on any atom is 0.145 e. The fourth-order valence-electron chi connectivity index (χ4n) is 1.73. The lowest BCUT2D eigenvalue weighted by atomic mass is 10.1. The van der Waals surface area contributed by atoms with Gasteiger partial charge in [-0.25, -0.2) is 15.8 Å². The van der Waals surface area contributed by atoms with E-state index < -0.39 is 0 Å². The van der Waals surface area contributed by atoms with E-state index in [0.29, 0.717) is 23.6 Å². The van der Waals surface area contributed by atoms with Gasteiger partial charge in [0, 0.05) is 12.1 Å². The topological polar surface area (TPSA) is 75.9 Å². The Morgan fingerprint density at radius 3 is 2.44 bits per heavy atom. The van der Waals surface area contributed by atoms with Gasteiger partial charge in [0.05, 0.1) is 0 Å². The Bertz CT molecular complexity index is 337. The SMILES string of the molecule is Cc1nc(NN)cc(NC(C)CC(C)C)n1. The Morgan fingerprint density at radius 2 is 1.88 bits per heavy atom. The largest absolute Gasteiger partial charge is 0.367 e. The van der Waals surface area contributed by atoms with Crippen molar-refractivity contribution in [2.45, 2.75) is 40.2 Å². The Labute approximate surface area is 96.8 Å². The number of nitrogens with two attached hydrogens (primary N) is 1. The van der Waals surface area contributed by atoms with Crippen LogP contribution in [0.4, 0.5) is 11.6 Å². The highest BCUT2D eigenvalue weighted by Gasteiger charge is 2.07. The lowest BCUT2D eigenvalue weighted by Crippen LogP contribution is -2.19. The lowest BCUT2D eigenvalue weighted by Gasteiger charge is -2.17. The maximum atomic E-state index is 5.33. The van der Waals surface area contributed by atoms with Crippen LogP contribution >= 0.6 is 0 Å². The van der Waals surface area contributed by atoms with Gasteiger partial charge in [0.25, 0.3) is 0 Å². The van der Waals surface area contributed by atoms with E-state index in [4.69, 9.17) is 5.84 Å². The molecule has 16 heavy (non-hydrogen) atoms. The van der Waals surface area contributed by atoms with E-state index in [0.717, 1.165) is 12.2 Å². The average Bonchev–Trinajstić information content (AvgIpc) is 2.14. The van der Waals surface area contributed by atoms with Crippen molar-refractivity contribution in [3.8, 4) is 0 Å². The van der Waals surface area contributed by atoms with Crippen molar-refractivity contribution in [1.82, 2.24) is 9.97 Å². The van der Waals surface area contributed by atoms with E-state index in [9.17, 15) is 0 Å². The molecule has 1 atom stereocenters. The summed E-state index contributed by atoms with van der Waals surface area (Å²) < 4.78 is 0. The van der Waals surface area contributed by atoms with E-state index in [1.807, 2.05) is 13.0 Å². The quantitative estimate of drug-likeness (QED) is 0.525. The molecule has 1 aromatic heterocycles. The van der Waals surface area contributed by atoms with Gasteiger partial charge in [0.2, 0.25) is 0 Å². The average molecular weight is 223 g/mol. The monoisotopic (exact) mass is 223 g/mol. The number of hydrogen-bond acceptors (Lipinski definition) is 5. The minimum Gasteiger partial charge on any atom is -0.367 e. The summed E-state index contributed by atoms with van der Waals surface area (Å²) in [6.07, 6.45) is 1.11. The van der Waals surface area contributed by atoms with Gasteiger partial charge in [-0.1, -0.05) is 13.8 Å². The first kappa shape index (κ1) is 12.7. The molecule has 0 spiro atoms. The maximum absolute atomic E-state index is 5.33. The van der Waals surface area contributed by atoms with Crippen molar-refractivity contribution in [3.05, 3.63) is 11.9 Å². The summed E-state index contributed by atoms with van der Waals surface area (Å²) in [5.41, 5.74) is 2.53. The summed E-state index contributed by atoms with van der Waals surface area (Å²) in [6.45, 7) is 8.40. The molecule has 1 rings (SSSR count). The molecule has 0 saturated carbocycles. The van der Waals surface area contributed by atoms with Crippen molar-refractivity contribution in [2.75, 3.05) is 10.7 Å². The number of aryl methyl sites for hydroxylation is 1. The number of anilines is 2. The van der Waals surface area contributed by atoms with Crippen LogP contribution in [-0.2, 0) is 0 Å². The predicted molar refractivity (Wildman–Crippen MR) is 67.1 cm³/mol. The van der Waals surface area contributed by atoms with E-state index in [1.54, 1.807) is 0 Å².